The Balaban J connectivity index is 2.53. The molecule has 0 aromatic rings. The number of methoxy groups -OCH3 is 1. The van der Waals surface area contributed by atoms with Crippen molar-refractivity contribution in [1.29, 1.82) is 0 Å². The molecular formula is C12H14O3. The van der Waals surface area contributed by atoms with E-state index in [1.807, 2.05) is 13.0 Å². The van der Waals surface area contributed by atoms with Gasteiger partial charge < -0.3 is 9.47 Å². The molecule has 1 rings (SSSR count). The van der Waals surface area contributed by atoms with Gasteiger partial charge in [-0.3, -0.25) is 0 Å². The summed E-state index contributed by atoms with van der Waals surface area (Å²) in [5.74, 6) is 2.40. The third-order valence-electron chi connectivity index (χ3n) is 2.18. The van der Waals surface area contributed by atoms with Crippen LogP contribution in [0, 0.1) is 12.3 Å². The van der Waals surface area contributed by atoms with Crippen molar-refractivity contribution in [2.24, 2.45) is 0 Å². The number of carbonyl (C=O) groups excluding carboxylic acids is 1. The molecule has 1 aliphatic rings. The maximum Gasteiger partial charge on any atom is 0.373 e. The number of hydrogen-bond donors (Lipinski definition) is 0. The lowest BCUT2D eigenvalue weighted by Crippen LogP contribution is -2.23. The number of ether oxygens (including phenoxy) is 2. The molecule has 1 unspecified atom stereocenters. The molecule has 3 nitrogen and oxygen atoms in total. The number of hydrogen-bond acceptors (Lipinski definition) is 3. The zero-order valence-corrected chi connectivity index (χ0v) is 8.95. The summed E-state index contributed by atoms with van der Waals surface area (Å²) in [5, 5.41) is 0. The van der Waals surface area contributed by atoms with Crippen LogP contribution in [0.3, 0.4) is 0 Å². The molecule has 1 aliphatic heterocycles. The second-order valence-electron chi connectivity index (χ2n) is 3.30. The molecule has 1 heterocycles. The first-order chi connectivity index (χ1) is 7.17. The number of esters is 1. The van der Waals surface area contributed by atoms with E-state index in [1.54, 1.807) is 6.08 Å². The first kappa shape index (κ1) is 11.4. The van der Waals surface area contributed by atoms with Crippen molar-refractivity contribution in [2.75, 3.05) is 7.11 Å². The second-order valence-corrected chi connectivity index (χ2v) is 3.30. The standard InChI is InChI=1S/C12H14O3/c1-4-9(2)5-6-10-7-8-11(14-3)12(13)15-10/h1,5,8,10H,6-7H2,2-3H3/b9-5+. The Morgan fingerprint density at radius 3 is 3.13 bits per heavy atom. The van der Waals surface area contributed by atoms with Crippen molar-refractivity contribution in [3.8, 4) is 12.3 Å². The predicted octanol–water partition coefficient (Wildman–Crippen LogP) is 1.80. The fraction of sp³-hybridized carbons (Fsp3) is 0.417. The van der Waals surface area contributed by atoms with Crippen molar-refractivity contribution in [1.82, 2.24) is 0 Å². The van der Waals surface area contributed by atoms with Gasteiger partial charge in [-0.15, -0.1) is 6.42 Å². The van der Waals surface area contributed by atoms with Gasteiger partial charge in [0.15, 0.2) is 5.76 Å². The van der Waals surface area contributed by atoms with Crippen molar-refractivity contribution in [3.63, 3.8) is 0 Å². The van der Waals surface area contributed by atoms with E-state index in [2.05, 4.69) is 5.92 Å². The predicted molar refractivity (Wildman–Crippen MR) is 56.8 cm³/mol. The first-order valence-electron chi connectivity index (χ1n) is 4.76. The van der Waals surface area contributed by atoms with Crippen LogP contribution in [-0.2, 0) is 14.3 Å². The highest BCUT2D eigenvalue weighted by Crippen LogP contribution is 2.17. The lowest BCUT2D eigenvalue weighted by molar-refractivity contribution is -0.149. The van der Waals surface area contributed by atoms with E-state index in [0.717, 1.165) is 5.57 Å². The highest BCUT2D eigenvalue weighted by molar-refractivity contribution is 5.87. The molecule has 0 N–H and O–H groups in total. The van der Waals surface area contributed by atoms with Crippen molar-refractivity contribution in [3.05, 3.63) is 23.5 Å². The number of terminal acetylenes is 1. The molecule has 3 heteroatoms. The van der Waals surface area contributed by atoms with Crippen molar-refractivity contribution in [2.45, 2.75) is 25.9 Å². The highest BCUT2D eigenvalue weighted by atomic mass is 16.6. The maximum atomic E-state index is 11.3. The van der Waals surface area contributed by atoms with Gasteiger partial charge in [-0.05, 0) is 18.6 Å². The normalized spacial score (nSPS) is 21.4. The highest BCUT2D eigenvalue weighted by Gasteiger charge is 2.22. The van der Waals surface area contributed by atoms with Crippen molar-refractivity contribution >= 4 is 5.97 Å². The molecular weight excluding hydrogens is 192 g/mol. The minimum Gasteiger partial charge on any atom is -0.490 e. The van der Waals surface area contributed by atoms with E-state index in [4.69, 9.17) is 15.9 Å². The Labute approximate surface area is 89.8 Å². The molecule has 0 amide bonds. The van der Waals surface area contributed by atoms with E-state index in [-0.39, 0.29) is 11.9 Å². The van der Waals surface area contributed by atoms with Crippen LogP contribution in [0.1, 0.15) is 19.8 Å². The quantitative estimate of drug-likeness (QED) is 0.521. The van der Waals surface area contributed by atoms with Gasteiger partial charge in [0.1, 0.15) is 6.10 Å². The van der Waals surface area contributed by atoms with Crippen LogP contribution in [0.25, 0.3) is 0 Å². The summed E-state index contributed by atoms with van der Waals surface area (Å²) >= 11 is 0. The smallest absolute Gasteiger partial charge is 0.373 e. The molecule has 15 heavy (non-hydrogen) atoms. The van der Waals surface area contributed by atoms with E-state index >= 15 is 0 Å². The maximum absolute atomic E-state index is 11.3. The van der Waals surface area contributed by atoms with Gasteiger partial charge in [0.25, 0.3) is 0 Å². The molecule has 1 atom stereocenters. The molecule has 0 saturated carbocycles. The molecule has 0 aromatic carbocycles. The van der Waals surface area contributed by atoms with Crippen LogP contribution < -0.4 is 0 Å². The molecule has 0 saturated heterocycles. The Morgan fingerprint density at radius 1 is 1.87 bits per heavy atom. The number of cyclic esters (lactones) is 1. The molecule has 0 fully saturated rings. The zero-order chi connectivity index (χ0) is 11.3. The largest absolute Gasteiger partial charge is 0.490 e. The fourth-order valence-electron chi connectivity index (χ4n) is 1.26. The number of carbonyl (C=O) groups is 1. The van der Waals surface area contributed by atoms with Gasteiger partial charge >= 0.3 is 5.97 Å². The van der Waals surface area contributed by atoms with E-state index in [1.165, 1.54) is 7.11 Å². The third kappa shape index (κ3) is 3.17. The Hall–Kier alpha value is -1.69. The summed E-state index contributed by atoms with van der Waals surface area (Å²) in [5.41, 5.74) is 0.854. The molecule has 0 spiro atoms. The Kier molecular flexibility index (Phi) is 3.99. The average molecular weight is 206 g/mol. The molecule has 0 aromatic heterocycles. The van der Waals surface area contributed by atoms with E-state index < -0.39 is 5.97 Å². The summed E-state index contributed by atoms with van der Waals surface area (Å²) in [7, 11) is 1.45. The van der Waals surface area contributed by atoms with Crippen LogP contribution in [0.5, 0.6) is 0 Å². The van der Waals surface area contributed by atoms with Gasteiger partial charge in [-0.2, -0.15) is 0 Å². The van der Waals surface area contributed by atoms with Crippen molar-refractivity contribution < 1.29 is 14.3 Å². The van der Waals surface area contributed by atoms with Gasteiger partial charge in [-0.1, -0.05) is 12.0 Å². The second kappa shape index (κ2) is 5.26. The van der Waals surface area contributed by atoms with Gasteiger partial charge in [0.2, 0.25) is 0 Å². The minimum absolute atomic E-state index is 0.125. The summed E-state index contributed by atoms with van der Waals surface area (Å²) in [6.45, 7) is 1.85. The SMILES string of the molecule is C#C/C(C)=C/CC1CC=C(OC)C(=O)O1. The average Bonchev–Trinajstić information content (AvgIpc) is 2.26. The van der Waals surface area contributed by atoms with Crippen LogP contribution in [0.2, 0.25) is 0 Å². The number of allylic oxidation sites excluding steroid dienone is 1. The summed E-state index contributed by atoms with van der Waals surface area (Å²) in [4.78, 5) is 11.3. The Bertz CT molecular complexity index is 344. The zero-order valence-electron chi connectivity index (χ0n) is 8.95. The van der Waals surface area contributed by atoms with E-state index in [9.17, 15) is 4.79 Å². The molecule has 80 valence electrons. The lowest BCUT2D eigenvalue weighted by atomic mass is 10.1. The molecule has 0 bridgehead atoms. The summed E-state index contributed by atoms with van der Waals surface area (Å²) in [6, 6.07) is 0. The van der Waals surface area contributed by atoms with Crippen LogP contribution in [-0.4, -0.2) is 19.2 Å². The number of rotatable bonds is 3. The van der Waals surface area contributed by atoms with Gasteiger partial charge in [0.05, 0.1) is 7.11 Å². The van der Waals surface area contributed by atoms with Crippen LogP contribution >= 0.6 is 0 Å². The minimum atomic E-state index is -0.402. The monoisotopic (exact) mass is 206 g/mol. The first-order valence-corrected chi connectivity index (χ1v) is 4.76. The topological polar surface area (TPSA) is 35.5 Å². The fourth-order valence-corrected chi connectivity index (χ4v) is 1.26. The Morgan fingerprint density at radius 2 is 2.60 bits per heavy atom. The van der Waals surface area contributed by atoms with Gasteiger partial charge in [0, 0.05) is 12.8 Å². The summed E-state index contributed by atoms with van der Waals surface area (Å²) < 4.78 is 9.98. The molecule has 0 aliphatic carbocycles. The van der Waals surface area contributed by atoms with Crippen LogP contribution in [0.15, 0.2) is 23.5 Å². The lowest BCUT2D eigenvalue weighted by Gasteiger charge is -2.20. The van der Waals surface area contributed by atoms with Crippen LogP contribution in [0.4, 0.5) is 0 Å². The van der Waals surface area contributed by atoms with Gasteiger partial charge in [-0.25, -0.2) is 4.79 Å². The van der Waals surface area contributed by atoms with E-state index in [0.29, 0.717) is 12.8 Å². The molecule has 0 radical (unpaired) electrons. The summed E-state index contributed by atoms with van der Waals surface area (Å²) in [6.07, 6.45) is 10.0. The third-order valence-corrected chi connectivity index (χ3v) is 2.18.